The van der Waals surface area contributed by atoms with Crippen molar-refractivity contribution in [2.24, 2.45) is 5.92 Å². The molecular weight excluding hydrogens is 412 g/mol. The van der Waals surface area contributed by atoms with Crippen molar-refractivity contribution in [3.63, 3.8) is 0 Å². The molecule has 168 valence electrons. The number of benzene rings is 2. The monoisotopic (exact) mass is 444 g/mol. The minimum Gasteiger partial charge on any atom is -0.494 e. The number of carbonyl (C=O) groups is 1. The summed E-state index contributed by atoms with van der Waals surface area (Å²) in [5.74, 6) is 1.05. The summed E-state index contributed by atoms with van der Waals surface area (Å²) in [4.78, 5) is 15.0. The molecule has 0 spiro atoms. The molecule has 0 unspecified atom stereocenters. The fraction of sp³-hybridized carbons (Fsp3) is 0.458. The van der Waals surface area contributed by atoms with Crippen LogP contribution in [0.3, 0.4) is 0 Å². The van der Waals surface area contributed by atoms with Crippen molar-refractivity contribution in [1.29, 1.82) is 0 Å². The van der Waals surface area contributed by atoms with Crippen LogP contribution in [0.1, 0.15) is 32.3 Å². The van der Waals surface area contributed by atoms with Crippen LogP contribution in [0.15, 0.2) is 54.6 Å². The summed E-state index contributed by atoms with van der Waals surface area (Å²) >= 11 is 0. The fourth-order valence-corrected chi connectivity index (χ4v) is 5.40. The van der Waals surface area contributed by atoms with Crippen LogP contribution in [-0.4, -0.2) is 51.2 Å². The Kier molecular flexibility index (Phi) is 7.59. The number of likely N-dealkylation sites (tertiary alicyclic amines) is 1. The topological polar surface area (TPSA) is 66.9 Å². The van der Waals surface area contributed by atoms with Crippen LogP contribution in [0.4, 0.5) is 5.69 Å². The van der Waals surface area contributed by atoms with Gasteiger partial charge >= 0.3 is 0 Å². The first-order valence-corrected chi connectivity index (χ1v) is 12.7. The first-order valence-electron chi connectivity index (χ1n) is 10.8. The SMILES string of the molecule is CCOc1ccc(N([C@H](C)C(=O)N2CCC(Cc3ccccc3)CC2)S(C)(=O)=O)cc1. The van der Waals surface area contributed by atoms with Gasteiger partial charge in [0.25, 0.3) is 0 Å². The van der Waals surface area contributed by atoms with E-state index in [1.165, 1.54) is 9.87 Å². The van der Waals surface area contributed by atoms with Gasteiger partial charge in [0.2, 0.25) is 15.9 Å². The molecule has 0 bridgehead atoms. The molecule has 1 aliphatic rings. The molecule has 1 saturated heterocycles. The third kappa shape index (κ3) is 6.00. The second-order valence-electron chi connectivity index (χ2n) is 8.12. The lowest BCUT2D eigenvalue weighted by Gasteiger charge is -2.36. The number of ether oxygens (including phenoxy) is 1. The molecule has 2 aromatic rings. The maximum atomic E-state index is 13.2. The molecule has 0 aromatic heterocycles. The average Bonchev–Trinajstić information content (AvgIpc) is 2.75. The normalized spacial score (nSPS) is 16.0. The molecule has 0 radical (unpaired) electrons. The van der Waals surface area contributed by atoms with Gasteiger partial charge in [0.1, 0.15) is 11.8 Å². The summed E-state index contributed by atoms with van der Waals surface area (Å²) in [7, 11) is -3.63. The summed E-state index contributed by atoms with van der Waals surface area (Å²) in [6.45, 7) is 5.39. The van der Waals surface area contributed by atoms with Crippen LogP contribution in [0.5, 0.6) is 5.75 Å². The van der Waals surface area contributed by atoms with Gasteiger partial charge in [-0.15, -0.1) is 0 Å². The molecule has 31 heavy (non-hydrogen) atoms. The van der Waals surface area contributed by atoms with Gasteiger partial charge in [0.15, 0.2) is 0 Å². The highest BCUT2D eigenvalue weighted by Gasteiger charge is 2.33. The molecule has 0 N–H and O–H groups in total. The van der Waals surface area contributed by atoms with Crippen molar-refractivity contribution in [3.8, 4) is 5.75 Å². The first-order chi connectivity index (χ1) is 14.8. The van der Waals surface area contributed by atoms with Gasteiger partial charge in [-0.1, -0.05) is 30.3 Å². The minimum absolute atomic E-state index is 0.155. The van der Waals surface area contributed by atoms with E-state index in [1.807, 2.05) is 13.0 Å². The highest BCUT2D eigenvalue weighted by molar-refractivity contribution is 7.92. The quantitative estimate of drug-likeness (QED) is 0.622. The van der Waals surface area contributed by atoms with Crippen LogP contribution < -0.4 is 9.04 Å². The van der Waals surface area contributed by atoms with Crippen LogP contribution in [-0.2, 0) is 21.2 Å². The van der Waals surface area contributed by atoms with E-state index in [0.29, 0.717) is 37.1 Å². The Morgan fingerprint density at radius 3 is 2.26 bits per heavy atom. The minimum atomic E-state index is -3.63. The maximum absolute atomic E-state index is 13.2. The van der Waals surface area contributed by atoms with E-state index in [2.05, 4.69) is 24.3 Å². The highest BCUT2D eigenvalue weighted by atomic mass is 32.2. The number of amides is 1. The van der Waals surface area contributed by atoms with Crippen LogP contribution in [0.2, 0.25) is 0 Å². The summed E-state index contributed by atoms with van der Waals surface area (Å²) in [6, 6.07) is 16.4. The third-order valence-electron chi connectivity index (χ3n) is 5.76. The van der Waals surface area contributed by atoms with Gasteiger partial charge in [-0.2, -0.15) is 0 Å². The molecular formula is C24H32N2O4S. The van der Waals surface area contributed by atoms with Crippen molar-refractivity contribution in [1.82, 2.24) is 4.90 Å². The van der Waals surface area contributed by atoms with Gasteiger partial charge in [-0.25, -0.2) is 8.42 Å². The number of anilines is 1. The third-order valence-corrected chi connectivity index (χ3v) is 7.00. The van der Waals surface area contributed by atoms with Crippen LogP contribution in [0, 0.1) is 5.92 Å². The number of carbonyl (C=O) groups excluding carboxylic acids is 1. The van der Waals surface area contributed by atoms with Gasteiger partial charge in [-0.3, -0.25) is 9.10 Å². The van der Waals surface area contributed by atoms with Crippen molar-refractivity contribution in [3.05, 3.63) is 60.2 Å². The number of nitrogens with zero attached hydrogens (tertiary/aromatic N) is 2. The molecule has 2 aromatic carbocycles. The molecule has 7 heteroatoms. The van der Waals surface area contributed by atoms with Crippen LogP contribution >= 0.6 is 0 Å². The van der Waals surface area contributed by atoms with Gasteiger partial charge in [-0.05, 0) is 68.9 Å². The average molecular weight is 445 g/mol. The largest absolute Gasteiger partial charge is 0.494 e. The molecule has 1 heterocycles. The van der Waals surface area contributed by atoms with Crippen molar-refractivity contribution in [2.45, 2.75) is 39.2 Å². The van der Waals surface area contributed by atoms with Crippen molar-refractivity contribution >= 4 is 21.6 Å². The summed E-state index contributed by atoms with van der Waals surface area (Å²) in [5.41, 5.74) is 1.78. The molecule has 6 nitrogen and oxygen atoms in total. The van der Waals surface area contributed by atoms with E-state index in [9.17, 15) is 13.2 Å². The lowest BCUT2D eigenvalue weighted by Crippen LogP contribution is -2.51. The first kappa shape index (κ1) is 23.1. The summed E-state index contributed by atoms with van der Waals surface area (Å²) in [5, 5.41) is 0. The number of hydrogen-bond acceptors (Lipinski definition) is 4. The molecule has 1 aliphatic heterocycles. The van der Waals surface area contributed by atoms with Crippen LogP contribution in [0.25, 0.3) is 0 Å². The lowest BCUT2D eigenvalue weighted by molar-refractivity contribution is -0.133. The second kappa shape index (κ2) is 10.2. The fourth-order valence-electron chi connectivity index (χ4n) is 4.23. The highest BCUT2D eigenvalue weighted by Crippen LogP contribution is 2.27. The zero-order chi connectivity index (χ0) is 22.4. The molecule has 1 amide bonds. The van der Waals surface area contributed by atoms with Gasteiger partial charge in [0.05, 0.1) is 18.6 Å². The number of piperidine rings is 1. The second-order valence-corrected chi connectivity index (χ2v) is 9.98. The molecule has 1 fully saturated rings. The van der Waals surface area contributed by atoms with E-state index in [-0.39, 0.29) is 5.91 Å². The molecule has 0 saturated carbocycles. The number of rotatable bonds is 8. The van der Waals surface area contributed by atoms with E-state index < -0.39 is 16.1 Å². The predicted molar refractivity (Wildman–Crippen MR) is 124 cm³/mol. The van der Waals surface area contributed by atoms with Gasteiger partial charge in [0, 0.05) is 13.1 Å². The van der Waals surface area contributed by atoms with E-state index in [1.54, 1.807) is 36.1 Å². The van der Waals surface area contributed by atoms with E-state index in [0.717, 1.165) is 25.5 Å². The Labute approximate surface area is 185 Å². The zero-order valence-corrected chi connectivity index (χ0v) is 19.3. The van der Waals surface area contributed by atoms with E-state index in [4.69, 9.17) is 4.74 Å². The zero-order valence-electron chi connectivity index (χ0n) is 18.5. The summed E-state index contributed by atoms with van der Waals surface area (Å²) < 4.78 is 31.7. The van der Waals surface area contributed by atoms with E-state index >= 15 is 0 Å². The van der Waals surface area contributed by atoms with Crippen molar-refractivity contribution < 1.29 is 17.9 Å². The van der Waals surface area contributed by atoms with Gasteiger partial charge < -0.3 is 9.64 Å². The Hall–Kier alpha value is -2.54. The summed E-state index contributed by atoms with van der Waals surface area (Å²) in [6.07, 6.45) is 4.00. The Morgan fingerprint density at radius 2 is 1.71 bits per heavy atom. The number of sulfonamides is 1. The standard InChI is InChI=1S/C24H32N2O4S/c1-4-30-23-12-10-22(11-13-23)26(31(3,28)29)19(2)24(27)25-16-14-21(15-17-25)18-20-8-6-5-7-9-20/h5-13,19,21H,4,14-18H2,1-3H3/t19-/m1/s1. The molecule has 3 rings (SSSR count). The van der Waals surface area contributed by atoms with Crippen molar-refractivity contribution in [2.75, 3.05) is 30.3 Å². The lowest BCUT2D eigenvalue weighted by atomic mass is 9.90. The Morgan fingerprint density at radius 1 is 1.10 bits per heavy atom. The smallest absolute Gasteiger partial charge is 0.246 e. The molecule has 0 aliphatic carbocycles. The number of hydrogen-bond donors (Lipinski definition) is 0. The predicted octanol–water partition coefficient (Wildman–Crippen LogP) is 3.72. The maximum Gasteiger partial charge on any atom is 0.246 e. The Balaban J connectivity index is 1.66. The molecule has 1 atom stereocenters. The Bertz CT molecular complexity index is 953.